The number of allylic oxidation sites excluding steroid dienone is 4. The summed E-state index contributed by atoms with van der Waals surface area (Å²) in [6.07, 6.45) is 10.7. The lowest BCUT2D eigenvalue weighted by molar-refractivity contribution is 0.0718. The molecule has 4 heteroatoms. The molecule has 3 N–H and O–H groups in total. The monoisotopic (exact) mass is 358 g/mol. The van der Waals surface area contributed by atoms with E-state index in [2.05, 4.69) is 18.8 Å². The number of carbonyl (C=O) groups excluding carboxylic acids is 1. The van der Waals surface area contributed by atoms with Crippen molar-refractivity contribution < 1.29 is 4.79 Å². The summed E-state index contributed by atoms with van der Waals surface area (Å²) in [6, 6.07) is 5.47. The van der Waals surface area contributed by atoms with Crippen molar-refractivity contribution in [3.63, 3.8) is 0 Å². The minimum absolute atomic E-state index is 0.198. The number of carbonyl (C=O) groups is 1. The SMILES string of the molecule is C=C/C=C\C(=C/N)c1cc(C(=O)C2(CCC)CCCNC2)ccc1Cl. The minimum atomic E-state index is -0.318. The molecule has 0 aromatic heterocycles. The highest BCUT2D eigenvalue weighted by Crippen LogP contribution is 2.36. The van der Waals surface area contributed by atoms with Crippen molar-refractivity contribution in [2.24, 2.45) is 11.1 Å². The Morgan fingerprint density at radius 3 is 2.88 bits per heavy atom. The van der Waals surface area contributed by atoms with E-state index < -0.39 is 0 Å². The van der Waals surface area contributed by atoms with Gasteiger partial charge in [-0.15, -0.1) is 0 Å². The number of nitrogens with two attached hydrogens (primary N) is 1. The number of hydrogen-bond donors (Lipinski definition) is 2. The normalized spacial score (nSPS) is 21.4. The van der Waals surface area contributed by atoms with Gasteiger partial charge in [0.1, 0.15) is 0 Å². The topological polar surface area (TPSA) is 55.1 Å². The maximum Gasteiger partial charge on any atom is 0.170 e. The van der Waals surface area contributed by atoms with Crippen LogP contribution in [0.3, 0.4) is 0 Å². The van der Waals surface area contributed by atoms with Gasteiger partial charge in [0.15, 0.2) is 5.78 Å². The van der Waals surface area contributed by atoms with Gasteiger partial charge in [-0.05, 0) is 49.6 Å². The summed E-state index contributed by atoms with van der Waals surface area (Å²) in [6.45, 7) is 7.53. The molecule has 1 aromatic carbocycles. The van der Waals surface area contributed by atoms with Crippen LogP contribution in [-0.2, 0) is 0 Å². The molecule has 1 aliphatic rings. The summed E-state index contributed by atoms with van der Waals surface area (Å²) in [5.41, 5.74) is 7.67. The maximum absolute atomic E-state index is 13.3. The molecule has 2 rings (SSSR count). The molecular weight excluding hydrogens is 332 g/mol. The predicted molar refractivity (Wildman–Crippen MR) is 107 cm³/mol. The molecule has 3 nitrogen and oxygen atoms in total. The zero-order valence-corrected chi connectivity index (χ0v) is 15.6. The van der Waals surface area contributed by atoms with E-state index in [4.69, 9.17) is 17.3 Å². The summed E-state index contributed by atoms with van der Waals surface area (Å²) in [5, 5.41) is 3.98. The average molecular weight is 359 g/mol. The van der Waals surface area contributed by atoms with E-state index in [1.807, 2.05) is 18.2 Å². The second-order valence-electron chi connectivity index (χ2n) is 6.55. The minimum Gasteiger partial charge on any atom is -0.404 e. The Labute approximate surface area is 155 Å². The molecule has 0 radical (unpaired) electrons. The van der Waals surface area contributed by atoms with Gasteiger partial charge in [-0.3, -0.25) is 4.79 Å². The summed E-state index contributed by atoms with van der Waals surface area (Å²) in [4.78, 5) is 13.3. The van der Waals surface area contributed by atoms with E-state index in [0.29, 0.717) is 10.6 Å². The number of rotatable bonds is 7. The van der Waals surface area contributed by atoms with Crippen molar-refractivity contribution in [2.45, 2.75) is 32.6 Å². The van der Waals surface area contributed by atoms with Crippen LogP contribution in [0.4, 0.5) is 0 Å². The Hall–Kier alpha value is -1.84. The molecule has 25 heavy (non-hydrogen) atoms. The Morgan fingerprint density at radius 1 is 1.48 bits per heavy atom. The van der Waals surface area contributed by atoms with Gasteiger partial charge in [-0.25, -0.2) is 0 Å². The fraction of sp³-hybridized carbons (Fsp3) is 0.381. The summed E-state index contributed by atoms with van der Waals surface area (Å²) < 4.78 is 0. The van der Waals surface area contributed by atoms with Gasteiger partial charge in [-0.2, -0.15) is 0 Å². The van der Waals surface area contributed by atoms with Crippen LogP contribution in [0, 0.1) is 5.41 Å². The molecule has 1 heterocycles. The van der Waals surface area contributed by atoms with Gasteiger partial charge in [0.05, 0.1) is 0 Å². The Morgan fingerprint density at radius 2 is 2.28 bits per heavy atom. The Bertz CT molecular complexity index is 680. The number of ketones is 1. The third kappa shape index (κ3) is 4.42. The Balaban J connectivity index is 2.42. The fourth-order valence-electron chi connectivity index (χ4n) is 3.57. The van der Waals surface area contributed by atoms with Gasteiger partial charge in [0.25, 0.3) is 0 Å². The number of Topliss-reactive ketones (excluding diaryl/α,β-unsaturated/α-hetero) is 1. The lowest BCUT2D eigenvalue weighted by Crippen LogP contribution is -2.45. The summed E-state index contributed by atoms with van der Waals surface area (Å²) in [5.74, 6) is 0.198. The molecule has 1 fully saturated rings. The highest BCUT2D eigenvalue weighted by molar-refractivity contribution is 6.32. The molecule has 0 spiro atoms. The first-order valence-electron chi connectivity index (χ1n) is 8.84. The van der Waals surface area contributed by atoms with E-state index in [0.717, 1.165) is 49.9 Å². The van der Waals surface area contributed by atoms with Crippen LogP contribution in [0.5, 0.6) is 0 Å². The van der Waals surface area contributed by atoms with Gasteiger partial charge in [-0.1, -0.05) is 49.8 Å². The van der Waals surface area contributed by atoms with Crippen LogP contribution in [-0.4, -0.2) is 18.9 Å². The number of nitrogens with one attached hydrogen (secondary N) is 1. The zero-order valence-electron chi connectivity index (χ0n) is 14.9. The van der Waals surface area contributed by atoms with Crippen molar-refractivity contribution >= 4 is 23.0 Å². The van der Waals surface area contributed by atoms with Crippen LogP contribution < -0.4 is 11.1 Å². The van der Waals surface area contributed by atoms with E-state index >= 15 is 0 Å². The van der Waals surface area contributed by atoms with Crippen molar-refractivity contribution in [3.05, 3.63) is 65.4 Å². The number of halogens is 1. The first kappa shape index (κ1) is 19.5. The first-order valence-corrected chi connectivity index (χ1v) is 9.22. The van der Waals surface area contributed by atoms with Crippen molar-refractivity contribution in [1.82, 2.24) is 5.32 Å². The van der Waals surface area contributed by atoms with Gasteiger partial charge >= 0.3 is 0 Å². The first-order chi connectivity index (χ1) is 12.1. The third-order valence-corrected chi connectivity index (χ3v) is 5.14. The van der Waals surface area contributed by atoms with Gasteiger partial charge in [0, 0.05) is 34.3 Å². The van der Waals surface area contributed by atoms with Crippen molar-refractivity contribution in [3.8, 4) is 0 Å². The molecule has 0 aliphatic carbocycles. The Kier molecular flexibility index (Phi) is 7.03. The summed E-state index contributed by atoms with van der Waals surface area (Å²) >= 11 is 6.36. The number of hydrogen-bond acceptors (Lipinski definition) is 3. The highest BCUT2D eigenvalue weighted by atomic mass is 35.5. The van der Waals surface area contributed by atoms with E-state index in [1.165, 1.54) is 6.20 Å². The molecule has 1 aliphatic heterocycles. The van der Waals surface area contributed by atoms with E-state index in [1.54, 1.807) is 18.2 Å². The summed E-state index contributed by atoms with van der Waals surface area (Å²) in [7, 11) is 0. The molecule has 1 unspecified atom stereocenters. The lowest BCUT2D eigenvalue weighted by Gasteiger charge is -2.36. The molecular formula is C21H27ClN2O. The van der Waals surface area contributed by atoms with Gasteiger partial charge < -0.3 is 11.1 Å². The third-order valence-electron chi connectivity index (χ3n) is 4.81. The molecule has 0 saturated carbocycles. The smallest absolute Gasteiger partial charge is 0.170 e. The molecule has 134 valence electrons. The largest absolute Gasteiger partial charge is 0.404 e. The van der Waals surface area contributed by atoms with Crippen LogP contribution in [0.25, 0.3) is 5.57 Å². The highest BCUT2D eigenvalue weighted by Gasteiger charge is 2.39. The van der Waals surface area contributed by atoms with Gasteiger partial charge in [0.2, 0.25) is 0 Å². The van der Waals surface area contributed by atoms with Crippen LogP contribution in [0.2, 0.25) is 5.02 Å². The lowest BCUT2D eigenvalue weighted by atomic mass is 9.71. The van der Waals surface area contributed by atoms with Crippen LogP contribution in [0.1, 0.15) is 48.5 Å². The fourth-order valence-corrected chi connectivity index (χ4v) is 3.79. The maximum atomic E-state index is 13.3. The van der Waals surface area contributed by atoms with Crippen molar-refractivity contribution in [1.29, 1.82) is 0 Å². The standard InChI is InChI=1S/C21H27ClN2O/c1-3-5-7-17(14-23)18-13-16(8-9-19(18)22)20(25)21(10-4-2)11-6-12-24-15-21/h3,5,7-9,13-14,24H,1,4,6,10-12,15,23H2,2H3/b7-5-,17-14+. The number of piperidine rings is 1. The quantitative estimate of drug-likeness (QED) is 0.547. The molecule has 0 bridgehead atoms. The van der Waals surface area contributed by atoms with E-state index in [-0.39, 0.29) is 11.2 Å². The zero-order chi connectivity index (χ0) is 18.3. The van der Waals surface area contributed by atoms with Crippen molar-refractivity contribution in [2.75, 3.05) is 13.1 Å². The van der Waals surface area contributed by atoms with E-state index in [9.17, 15) is 4.79 Å². The predicted octanol–water partition coefficient (Wildman–Crippen LogP) is 4.73. The van der Waals surface area contributed by atoms with Crippen LogP contribution >= 0.6 is 11.6 Å². The molecule has 1 aromatic rings. The molecule has 1 atom stereocenters. The molecule has 1 saturated heterocycles. The second kappa shape index (κ2) is 9.02. The van der Waals surface area contributed by atoms with Crippen LogP contribution in [0.15, 0.2) is 49.2 Å². The average Bonchev–Trinajstić information content (AvgIpc) is 2.64. The second-order valence-corrected chi connectivity index (χ2v) is 6.96. The number of benzene rings is 1. The molecule has 0 amide bonds.